The Kier molecular flexibility index (Phi) is 5.88. The third kappa shape index (κ3) is 4.83. The van der Waals surface area contributed by atoms with Crippen LogP contribution in [0.2, 0.25) is 0 Å². The van der Waals surface area contributed by atoms with E-state index in [2.05, 4.69) is 4.98 Å². The molecule has 0 aromatic carbocycles. The zero-order valence-corrected chi connectivity index (χ0v) is 13.3. The third-order valence-corrected chi connectivity index (χ3v) is 2.79. The molecule has 1 aromatic heterocycles. The number of hydrogen-bond donors (Lipinski definition) is 3. The van der Waals surface area contributed by atoms with Crippen LogP contribution in [0.3, 0.4) is 0 Å². The molecule has 9 nitrogen and oxygen atoms in total. The first kappa shape index (κ1) is 18.2. The number of aromatic amines is 1. The van der Waals surface area contributed by atoms with Crippen molar-refractivity contribution in [3.8, 4) is 0 Å². The van der Waals surface area contributed by atoms with E-state index in [1.807, 2.05) is 0 Å². The lowest BCUT2D eigenvalue weighted by molar-refractivity contribution is -0.123. The second kappa shape index (κ2) is 7.43. The standard InChI is InChI=1S/C14H19N3O6/c1-6(2)23-12(19)10-7(3)11(16-8(10)4)13(20)22-5-9(18)17-14(15)21/h6,16H,5H2,1-4H3,(H3,15,17,18,21). The van der Waals surface area contributed by atoms with E-state index >= 15 is 0 Å². The van der Waals surface area contributed by atoms with E-state index in [0.29, 0.717) is 11.3 Å². The Morgan fingerprint density at radius 2 is 1.78 bits per heavy atom. The van der Waals surface area contributed by atoms with Gasteiger partial charge in [-0.05, 0) is 33.3 Å². The number of carbonyl (C=O) groups excluding carboxylic acids is 4. The lowest BCUT2D eigenvalue weighted by atomic mass is 10.1. The van der Waals surface area contributed by atoms with Gasteiger partial charge in [0.2, 0.25) is 0 Å². The van der Waals surface area contributed by atoms with E-state index in [4.69, 9.17) is 15.2 Å². The van der Waals surface area contributed by atoms with Crippen molar-refractivity contribution < 1.29 is 28.7 Å². The highest BCUT2D eigenvalue weighted by Crippen LogP contribution is 2.20. The van der Waals surface area contributed by atoms with Crippen LogP contribution < -0.4 is 11.1 Å². The van der Waals surface area contributed by atoms with Gasteiger partial charge in [-0.2, -0.15) is 0 Å². The number of H-pyrrole nitrogens is 1. The Balaban J connectivity index is 2.85. The normalized spacial score (nSPS) is 10.3. The zero-order chi connectivity index (χ0) is 17.7. The summed E-state index contributed by atoms with van der Waals surface area (Å²) in [5.41, 5.74) is 5.84. The number of rotatable bonds is 5. The number of esters is 2. The average molecular weight is 325 g/mol. The first-order valence-corrected chi connectivity index (χ1v) is 6.80. The van der Waals surface area contributed by atoms with Crippen LogP contribution in [0.4, 0.5) is 4.79 Å². The van der Waals surface area contributed by atoms with Crippen molar-refractivity contribution in [2.75, 3.05) is 6.61 Å². The van der Waals surface area contributed by atoms with E-state index in [1.165, 1.54) is 0 Å². The molecule has 0 aliphatic rings. The molecule has 3 amide bonds. The Bertz CT molecular complexity index is 647. The SMILES string of the molecule is Cc1[nH]c(C(=O)OCC(=O)NC(N)=O)c(C)c1C(=O)OC(C)C. The van der Waals surface area contributed by atoms with Crippen LogP contribution in [0.5, 0.6) is 0 Å². The van der Waals surface area contributed by atoms with Crippen LogP contribution in [0, 0.1) is 13.8 Å². The summed E-state index contributed by atoms with van der Waals surface area (Å²) in [6.07, 6.45) is -0.302. The molecule has 1 aromatic rings. The number of hydrogen-bond acceptors (Lipinski definition) is 6. The average Bonchev–Trinajstić information content (AvgIpc) is 2.69. The third-order valence-electron chi connectivity index (χ3n) is 2.79. The Morgan fingerprint density at radius 1 is 1.17 bits per heavy atom. The number of nitrogens with one attached hydrogen (secondary N) is 2. The number of amides is 3. The van der Waals surface area contributed by atoms with Crippen LogP contribution in [0.25, 0.3) is 0 Å². The molecule has 0 fully saturated rings. The summed E-state index contributed by atoms with van der Waals surface area (Å²) >= 11 is 0. The molecule has 4 N–H and O–H groups in total. The van der Waals surface area contributed by atoms with Gasteiger partial charge in [0.15, 0.2) is 6.61 Å². The summed E-state index contributed by atoms with van der Waals surface area (Å²) in [4.78, 5) is 48.4. The minimum Gasteiger partial charge on any atom is -0.459 e. The van der Waals surface area contributed by atoms with E-state index < -0.39 is 30.5 Å². The molecule has 0 aliphatic heterocycles. The molecule has 0 saturated carbocycles. The number of primary amides is 1. The molecule has 126 valence electrons. The molecule has 1 rings (SSSR count). The molecule has 9 heteroatoms. The maximum absolute atomic E-state index is 12.0. The molecule has 1 heterocycles. The molecule has 0 bridgehead atoms. The van der Waals surface area contributed by atoms with Gasteiger partial charge in [-0.3, -0.25) is 10.1 Å². The van der Waals surface area contributed by atoms with E-state index in [-0.39, 0.29) is 17.4 Å². The molecule has 0 atom stereocenters. The van der Waals surface area contributed by atoms with E-state index in [0.717, 1.165) is 0 Å². The van der Waals surface area contributed by atoms with Crippen molar-refractivity contribution in [2.24, 2.45) is 5.73 Å². The Hall–Kier alpha value is -2.84. The fraction of sp³-hybridized carbons (Fsp3) is 0.429. The van der Waals surface area contributed by atoms with Gasteiger partial charge in [0.25, 0.3) is 5.91 Å². The highest BCUT2D eigenvalue weighted by atomic mass is 16.5. The quantitative estimate of drug-likeness (QED) is 0.675. The number of aromatic nitrogens is 1. The van der Waals surface area contributed by atoms with Crippen molar-refractivity contribution >= 4 is 23.9 Å². The van der Waals surface area contributed by atoms with E-state index in [9.17, 15) is 19.2 Å². The molecular formula is C14H19N3O6. The second-order valence-electron chi connectivity index (χ2n) is 5.07. The maximum atomic E-state index is 12.0. The maximum Gasteiger partial charge on any atom is 0.355 e. The molecular weight excluding hydrogens is 306 g/mol. The molecule has 0 radical (unpaired) electrons. The van der Waals surface area contributed by atoms with Gasteiger partial charge in [-0.1, -0.05) is 0 Å². The largest absolute Gasteiger partial charge is 0.459 e. The summed E-state index contributed by atoms with van der Waals surface area (Å²) in [7, 11) is 0. The minimum atomic E-state index is -1.04. The molecule has 0 spiro atoms. The highest BCUT2D eigenvalue weighted by molar-refractivity contribution is 6.00. The Morgan fingerprint density at radius 3 is 2.30 bits per heavy atom. The van der Waals surface area contributed by atoms with E-state index in [1.54, 1.807) is 33.0 Å². The molecule has 0 unspecified atom stereocenters. The predicted molar refractivity (Wildman–Crippen MR) is 78.8 cm³/mol. The first-order valence-electron chi connectivity index (χ1n) is 6.80. The van der Waals surface area contributed by atoms with Crippen LogP contribution in [0.15, 0.2) is 0 Å². The van der Waals surface area contributed by atoms with Gasteiger partial charge in [-0.15, -0.1) is 0 Å². The minimum absolute atomic E-state index is 0.0325. The summed E-state index contributed by atoms with van der Waals surface area (Å²) < 4.78 is 9.87. The van der Waals surface area contributed by atoms with Crippen molar-refractivity contribution in [3.05, 3.63) is 22.5 Å². The summed E-state index contributed by atoms with van der Waals surface area (Å²) in [5.74, 6) is -2.25. The van der Waals surface area contributed by atoms with Crippen molar-refractivity contribution in [2.45, 2.75) is 33.8 Å². The zero-order valence-electron chi connectivity index (χ0n) is 13.3. The fourth-order valence-corrected chi connectivity index (χ4v) is 1.91. The lowest BCUT2D eigenvalue weighted by Gasteiger charge is -2.08. The number of ether oxygens (including phenoxy) is 2. The van der Waals surface area contributed by atoms with Crippen LogP contribution >= 0.6 is 0 Å². The van der Waals surface area contributed by atoms with Crippen LogP contribution in [-0.2, 0) is 14.3 Å². The summed E-state index contributed by atoms with van der Waals surface area (Å²) in [6, 6.07) is -1.04. The van der Waals surface area contributed by atoms with Gasteiger partial charge in [0.05, 0.1) is 11.7 Å². The van der Waals surface area contributed by atoms with Crippen LogP contribution in [0.1, 0.15) is 46.0 Å². The van der Waals surface area contributed by atoms with Crippen LogP contribution in [-0.4, -0.2) is 41.6 Å². The first-order chi connectivity index (χ1) is 10.6. The van der Waals surface area contributed by atoms with Gasteiger partial charge >= 0.3 is 18.0 Å². The Labute approximate surface area is 132 Å². The van der Waals surface area contributed by atoms with Crippen molar-refractivity contribution in [1.82, 2.24) is 10.3 Å². The number of carbonyl (C=O) groups is 4. The molecule has 0 aliphatic carbocycles. The van der Waals surface area contributed by atoms with Crippen molar-refractivity contribution in [1.29, 1.82) is 0 Å². The predicted octanol–water partition coefficient (Wildman–Crippen LogP) is 0.548. The van der Waals surface area contributed by atoms with Crippen molar-refractivity contribution in [3.63, 3.8) is 0 Å². The second-order valence-corrected chi connectivity index (χ2v) is 5.07. The number of nitrogens with two attached hydrogens (primary N) is 1. The monoisotopic (exact) mass is 325 g/mol. The van der Waals surface area contributed by atoms with Gasteiger partial charge in [-0.25, -0.2) is 14.4 Å². The van der Waals surface area contributed by atoms with Gasteiger partial charge < -0.3 is 20.2 Å². The molecule has 0 saturated heterocycles. The smallest absolute Gasteiger partial charge is 0.355 e. The van der Waals surface area contributed by atoms with Gasteiger partial charge in [0.1, 0.15) is 5.69 Å². The van der Waals surface area contributed by atoms with Gasteiger partial charge in [0, 0.05) is 5.69 Å². The highest BCUT2D eigenvalue weighted by Gasteiger charge is 2.24. The number of aryl methyl sites for hydroxylation is 1. The number of imide groups is 1. The summed E-state index contributed by atoms with van der Waals surface area (Å²) in [5, 5.41) is 1.76. The summed E-state index contributed by atoms with van der Waals surface area (Å²) in [6.45, 7) is 5.91. The fourth-order valence-electron chi connectivity index (χ4n) is 1.91. The molecule has 23 heavy (non-hydrogen) atoms. The lowest BCUT2D eigenvalue weighted by Crippen LogP contribution is -2.37. The number of urea groups is 1. The topological polar surface area (TPSA) is 141 Å².